The van der Waals surface area contributed by atoms with Gasteiger partial charge in [-0.25, -0.2) is 4.98 Å². The normalized spacial score (nSPS) is 12.7. The highest BCUT2D eigenvalue weighted by Crippen LogP contribution is 2.22. The van der Waals surface area contributed by atoms with Crippen molar-refractivity contribution in [2.24, 2.45) is 5.73 Å². The second-order valence-corrected chi connectivity index (χ2v) is 4.15. The average molecular weight is 215 g/mol. The van der Waals surface area contributed by atoms with Crippen LogP contribution >= 0.6 is 0 Å². The summed E-state index contributed by atoms with van der Waals surface area (Å²) in [4.78, 5) is 7.29. The molecule has 84 valence electrons. The van der Waals surface area contributed by atoms with Crippen molar-refractivity contribution in [1.29, 1.82) is 0 Å². The first-order chi connectivity index (χ1) is 7.68. The molecule has 0 saturated carbocycles. The van der Waals surface area contributed by atoms with Crippen molar-refractivity contribution < 1.29 is 0 Å². The van der Waals surface area contributed by atoms with Crippen LogP contribution in [0.2, 0.25) is 0 Å². The first kappa shape index (κ1) is 10.9. The Morgan fingerprint density at radius 3 is 2.56 bits per heavy atom. The van der Waals surface area contributed by atoms with E-state index in [1.165, 1.54) is 16.7 Å². The van der Waals surface area contributed by atoms with Gasteiger partial charge in [-0.3, -0.25) is 0 Å². The van der Waals surface area contributed by atoms with Crippen molar-refractivity contribution >= 4 is 0 Å². The third-order valence-electron chi connectivity index (χ3n) is 2.88. The summed E-state index contributed by atoms with van der Waals surface area (Å²) in [6, 6.07) is 6.27. The summed E-state index contributed by atoms with van der Waals surface area (Å²) in [5.41, 5.74) is 9.96. The molecule has 1 aromatic heterocycles. The number of imidazole rings is 1. The van der Waals surface area contributed by atoms with Crippen molar-refractivity contribution in [1.82, 2.24) is 9.97 Å². The summed E-state index contributed by atoms with van der Waals surface area (Å²) in [5.74, 6) is 0.940. The maximum absolute atomic E-state index is 6.23. The van der Waals surface area contributed by atoms with Crippen molar-refractivity contribution in [2.45, 2.75) is 26.3 Å². The SMILES string of the molecule is Cc1cccc(C)c1C(N)Cc1ncc[nH]1. The van der Waals surface area contributed by atoms with Crippen LogP contribution < -0.4 is 5.73 Å². The number of aromatic amines is 1. The zero-order chi connectivity index (χ0) is 11.5. The van der Waals surface area contributed by atoms with E-state index >= 15 is 0 Å². The lowest BCUT2D eigenvalue weighted by molar-refractivity contribution is 0.685. The fourth-order valence-electron chi connectivity index (χ4n) is 2.13. The number of aryl methyl sites for hydroxylation is 2. The molecule has 0 spiro atoms. The van der Waals surface area contributed by atoms with Crippen molar-refractivity contribution in [3.63, 3.8) is 0 Å². The number of benzene rings is 1. The third kappa shape index (κ3) is 2.14. The zero-order valence-corrected chi connectivity index (χ0v) is 9.70. The molecule has 2 rings (SSSR count). The van der Waals surface area contributed by atoms with E-state index in [9.17, 15) is 0 Å². The van der Waals surface area contributed by atoms with Gasteiger partial charge in [-0.15, -0.1) is 0 Å². The molecule has 0 bridgehead atoms. The minimum absolute atomic E-state index is 0.00681. The Labute approximate surface area is 95.7 Å². The highest BCUT2D eigenvalue weighted by molar-refractivity contribution is 5.36. The van der Waals surface area contributed by atoms with Crippen molar-refractivity contribution in [3.8, 4) is 0 Å². The molecule has 1 heterocycles. The van der Waals surface area contributed by atoms with Crippen LogP contribution in [-0.4, -0.2) is 9.97 Å². The number of nitrogens with two attached hydrogens (primary N) is 1. The Hall–Kier alpha value is -1.61. The number of nitrogens with zero attached hydrogens (tertiary/aromatic N) is 1. The van der Waals surface area contributed by atoms with E-state index in [0.717, 1.165) is 12.2 Å². The summed E-state index contributed by atoms with van der Waals surface area (Å²) in [6.45, 7) is 4.20. The van der Waals surface area contributed by atoms with Crippen molar-refractivity contribution in [2.75, 3.05) is 0 Å². The van der Waals surface area contributed by atoms with E-state index in [1.54, 1.807) is 6.20 Å². The molecule has 1 aromatic carbocycles. The smallest absolute Gasteiger partial charge is 0.107 e. The highest BCUT2D eigenvalue weighted by atomic mass is 14.9. The molecule has 0 saturated heterocycles. The quantitative estimate of drug-likeness (QED) is 0.825. The maximum atomic E-state index is 6.23. The van der Waals surface area contributed by atoms with Crippen LogP contribution in [0.3, 0.4) is 0 Å². The molecule has 3 heteroatoms. The molecule has 0 aliphatic carbocycles. The topological polar surface area (TPSA) is 54.7 Å². The fraction of sp³-hybridized carbons (Fsp3) is 0.308. The summed E-state index contributed by atoms with van der Waals surface area (Å²) >= 11 is 0. The molecule has 0 amide bonds. The second-order valence-electron chi connectivity index (χ2n) is 4.15. The Morgan fingerprint density at radius 1 is 1.31 bits per heavy atom. The molecule has 0 aliphatic heterocycles. The Balaban J connectivity index is 2.24. The third-order valence-corrected chi connectivity index (χ3v) is 2.88. The molecule has 3 nitrogen and oxygen atoms in total. The first-order valence-electron chi connectivity index (χ1n) is 5.48. The van der Waals surface area contributed by atoms with Gasteiger partial charge in [0.25, 0.3) is 0 Å². The molecular weight excluding hydrogens is 198 g/mol. The largest absolute Gasteiger partial charge is 0.349 e. The maximum Gasteiger partial charge on any atom is 0.107 e. The minimum atomic E-state index is 0.00681. The summed E-state index contributed by atoms with van der Waals surface area (Å²) in [5, 5.41) is 0. The van der Waals surface area contributed by atoms with E-state index in [0.29, 0.717) is 0 Å². The van der Waals surface area contributed by atoms with E-state index < -0.39 is 0 Å². The molecule has 16 heavy (non-hydrogen) atoms. The van der Waals surface area contributed by atoms with Crippen LogP contribution in [0, 0.1) is 13.8 Å². The lowest BCUT2D eigenvalue weighted by Gasteiger charge is -2.16. The van der Waals surface area contributed by atoms with Crippen LogP contribution in [0.25, 0.3) is 0 Å². The predicted octanol–water partition coefficient (Wildman–Crippen LogP) is 2.27. The first-order valence-corrected chi connectivity index (χ1v) is 5.48. The van der Waals surface area contributed by atoms with Crippen LogP contribution in [0.5, 0.6) is 0 Å². The molecule has 0 radical (unpaired) electrons. The second kappa shape index (κ2) is 4.49. The van der Waals surface area contributed by atoms with Gasteiger partial charge in [0.15, 0.2) is 0 Å². The number of H-pyrrole nitrogens is 1. The van der Waals surface area contributed by atoms with Gasteiger partial charge in [0.05, 0.1) is 0 Å². The molecule has 3 N–H and O–H groups in total. The predicted molar refractivity (Wildman–Crippen MR) is 65.1 cm³/mol. The monoisotopic (exact) mass is 215 g/mol. The molecule has 2 aromatic rings. The summed E-state index contributed by atoms with van der Waals surface area (Å²) in [7, 11) is 0. The number of nitrogens with one attached hydrogen (secondary N) is 1. The van der Waals surface area contributed by atoms with Gasteiger partial charge in [0.2, 0.25) is 0 Å². The zero-order valence-electron chi connectivity index (χ0n) is 9.70. The average Bonchev–Trinajstić information content (AvgIpc) is 2.70. The molecule has 1 unspecified atom stereocenters. The Kier molecular flexibility index (Phi) is 3.06. The lowest BCUT2D eigenvalue weighted by Crippen LogP contribution is -2.16. The molecule has 0 aliphatic rings. The van der Waals surface area contributed by atoms with Gasteiger partial charge in [-0.2, -0.15) is 0 Å². The number of aromatic nitrogens is 2. The van der Waals surface area contributed by atoms with Gasteiger partial charge in [0.1, 0.15) is 5.82 Å². The van der Waals surface area contributed by atoms with E-state index in [2.05, 4.69) is 42.0 Å². The molecule has 1 atom stereocenters. The molecule has 0 fully saturated rings. The van der Waals surface area contributed by atoms with Crippen molar-refractivity contribution in [3.05, 3.63) is 53.1 Å². The summed E-state index contributed by atoms with van der Waals surface area (Å²) in [6.07, 6.45) is 4.33. The van der Waals surface area contributed by atoms with Gasteiger partial charge < -0.3 is 10.7 Å². The summed E-state index contributed by atoms with van der Waals surface area (Å²) < 4.78 is 0. The Morgan fingerprint density at radius 2 is 2.00 bits per heavy atom. The lowest BCUT2D eigenvalue weighted by atomic mass is 9.95. The van der Waals surface area contributed by atoms with Crippen LogP contribution in [0.4, 0.5) is 0 Å². The highest BCUT2D eigenvalue weighted by Gasteiger charge is 2.13. The van der Waals surface area contributed by atoms with Gasteiger partial charge in [-0.05, 0) is 30.5 Å². The molecular formula is C13H17N3. The van der Waals surface area contributed by atoms with Gasteiger partial charge >= 0.3 is 0 Å². The standard InChI is InChI=1S/C13H17N3/c1-9-4-3-5-10(2)13(9)11(14)8-12-15-6-7-16-12/h3-7,11H,8,14H2,1-2H3,(H,15,16). The number of rotatable bonds is 3. The number of hydrogen-bond donors (Lipinski definition) is 2. The Bertz CT molecular complexity index is 440. The number of hydrogen-bond acceptors (Lipinski definition) is 2. The van der Waals surface area contributed by atoms with Gasteiger partial charge in [-0.1, -0.05) is 18.2 Å². The van der Waals surface area contributed by atoms with E-state index in [-0.39, 0.29) is 6.04 Å². The fourth-order valence-corrected chi connectivity index (χ4v) is 2.13. The van der Waals surface area contributed by atoms with Crippen LogP contribution in [-0.2, 0) is 6.42 Å². The van der Waals surface area contributed by atoms with E-state index in [1.807, 2.05) is 6.20 Å². The van der Waals surface area contributed by atoms with E-state index in [4.69, 9.17) is 5.73 Å². The van der Waals surface area contributed by atoms with Crippen LogP contribution in [0.1, 0.15) is 28.6 Å². The van der Waals surface area contributed by atoms with Crippen LogP contribution in [0.15, 0.2) is 30.6 Å². The minimum Gasteiger partial charge on any atom is -0.349 e. The van der Waals surface area contributed by atoms with Gasteiger partial charge in [0, 0.05) is 24.9 Å².